The van der Waals surface area contributed by atoms with E-state index in [1.807, 2.05) is 11.9 Å². The van der Waals surface area contributed by atoms with E-state index in [1.165, 1.54) is 10.6 Å². The van der Waals surface area contributed by atoms with Crippen molar-refractivity contribution in [2.45, 2.75) is 25.6 Å². The van der Waals surface area contributed by atoms with E-state index in [4.69, 9.17) is 0 Å². The molecule has 3 rings (SSSR count). The van der Waals surface area contributed by atoms with Gasteiger partial charge in [0.15, 0.2) is 0 Å². The van der Waals surface area contributed by atoms with Crippen molar-refractivity contribution in [1.82, 2.24) is 24.3 Å². The summed E-state index contributed by atoms with van der Waals surface area (Å²) in [7, 11) is 2.02. The molecule has 2 aromatic rings. The van der Waals surface area contributed by atoms with Gasteiger partial charge in [0.25, 0.3) is 5.56 Å². The summed E-state index contributed by atoms with van der Waals surface area (Å²) in [6, 6.07) is 6.98. The van der Waals surface area contributed by atoms with Crippen molar-refractivity contribution in [2.75, 3.05) is 20.1 Å². The molecular formula is C17H21N5O2. The minimum atomic E-state index is -0.153. The molecule has 24 heavy (non-hydrogen) atoms. The molecule has 1 aliphatic rings. The maximum atomic E-state index is 12.4. The maximum Gasteiger partial charge on any atom is 0.250 e. The predicted octanol–water partition coefficient (Wildman–Crippen LogP) is 0.371. The first-order chi connectivity index (χ1) is 11.6. The van der Waals surface area contributed by atoms with Crippen molar-refractivity contribution in [3.63, 3.8) is 0 Å². The van der Waals surface area contributed by atoms with Gasteiger partial charge in [-0.05, 0) is 25.6 Å². The first kappa shape index (κ1) is 16.3. The Morgan fingerprint density at radius 2 is 2.08 bits per heavy atom. The third kappa shape index (κ3) is 3.86. The Morgan fingerprint density at radius 1 is 1.29 bits per heavy atom. The van der Waals surface area contributed by atoms with Crippen LogP contribution in [0.5, 0.6) is 0 Å². The Kier molecular flexibility index (Phi) is 5.00. The van der Waals surface area contributed by atoms with Gasteiger partial charge in [-0.2, -0.15) is 0 Å². The number of pyridine rings is 1. The van der Waals surface area contributed by atoms with Crippen LogP contribution in [0.3, 0.4) is 0 Å². The third-order valence-electron chi connectivity index (χ3n) is 4.35. The smallest absolute Gasteiger partial charge is 0.250 e. The summed E-state index contributed by atoms with van der Waals surface area (Å²) in [5.41, 5.74) is -0.153. The molecular weight excluding hydrogens is 306 g/mol. The number of amides is 1. The van der Waals surface area contributed by atoms with Crippen molar-refractivity contribution in [3.05, 3.63) is 59.0 Å². The minimum absolute atomic E-state index is 0.0184. The molecule has 126 valence electrons. The monoisotopic (exact) mass is 327 g/mol. The Balaban J connectivity index is 1.56. The lowest BCUT2D eigenvalue weighted by Crippen LogP contribution is -2.38. The summed E-state index contributed by atoms with van der Waals surface area (Å²) in [5.74, 6) is 0.760. The van der Waals surface area contributed by atoms with E-state index in [0.717, 1.165) is 12.2 Å². The van der Waals surface area contributed by atoms with Crippen molar-refractivity contribution < 1.29 is 4.79 Å². The zero-order chi connectivity index (χ0) is 16.9. The zero-order valence-corrected chi connectivity index (χ0v) is 13.7. The van der Waals surface area contributed by atoms with Crippen LogP contribution in [0.1, 0.15) is 12.2 Å². The quantitative estimate of drug-likeness (QED) is 0.793. The molecule has 0 spiro atoms. The van der Waals surface area contributed by atoms with Crippen molar-refractivity contribution in [2.24, 2.45) is 0 Å². The molecule has 1 fully saturated rings. The van der Waals surface area contributed by atoms with Crippen LogP contribution in [0, 0.1) is 0 Å². The van der Waals surface area contributed by atoms with Gasteiger partial charge in [-0.25, -0.2) is 9.97 Å². The van der Waals surface area contributed by atoms with Crippen LogP contribution in [0.4, 0.5) is 0 Å². The van der Waals surface area contributed by atoms with Gasteiger partial charge in [0, 0.05) is 43.8 Å². The second-order valence-corrected chi connectivity index (χ2v) is 6.03. The average molecular weight is 327 g/mol. The molecule has 1 amide bonds. The van der Waals surface area contributed by atoms with E-state index >= 15 is 0 Å². The summed E-state index contributed by atoms with van der Waals surface area (Å²) in [4.78, 5) is 36.6. The highest BCUT2D eigenvalue weighted by atomic mass is 16.2. The number of rotatable bonds is 5. The number of likely N-dealkylation sites (tertiary alicyclic amines) is 1. The lowest BCUT2D eigenvalue weighted by molar-refractivity contribution is -0.131. The van der Waals surface area contributed by atoms with Crippen molar-refractivity contribution in [1.29, 1.82) is 0 Å². The third-order valence-corrected chi connectivity index (χ3v) is 4.35. The van der Waals surface area contributed by atoms with Crippen LogP contribution in [-0.2, 0) is 17.9 Å². The highest BCUT2D eigenvalue weighted by Gasteiger charge is 2.29. The SMILES string of the molecule is CN(Cc1ncccn1)C1CCN(C(=O)Cn2ccccc2=O)C1. The fraction of sp³-hybridized carbons (Fsp3) is 0.412. The Morgan fingerprint density at radius 3 is 2.83 bits per heavy atom. The minimum Gasteiger partial charge on any atom is -0.340 e. The average Bonchev–Trinajstić information content (AvgIpc) is 3.08. The molecule has 0 radical (unpaired) electrons. The Labute approximate surface area is 140 Å². The molecule has 0 saturated carbocycles. The van der Waals surface area contributed by atoms with Gasteiger partial charge < -0.3 is 9.47 Å². The topological polar surface area (TPSA) is 71.3 Å². The molecule has 7 nitrogen and oxygen atoms in total. The van der Waals surface area contributed by atoms with Gasteiger partial charge in [-0.15, -0.1) is 0 Å². The number of hydrogen-bond donors (Lipinski definition) is 0. The first-order valence-electron chi connectivity index (χ1n) is 8.03. The number of likely N-dealkylation sites (N-methyl/N-ethyl adjacent to an activating group) is 1. The number of carbonyl (C=O) groups is 1. The van der Waals surface area contributed by atoms with E-state index in [9.17, 15) is 9.59 Å². The fourth-order valence-corrected chi connectivity index (χ4v) is 2.93. The van der Waals surface area contributed by atoms with E-state index in [2.05, 4.69) is 14.9 Å². The van der Waals surface area contributed by atoms with Gasteiger partial charge in [0.05, 0.1) is 6.54 Å². The van der Waals surface area contributed by atoms with E-state index in [1.54, 1.807) is 36.8 Å². The molecule has 1 unspecified atom stereocenters. The molecule has 3 heterocycles. The van der Waals surface area contributed by atoms with Crippen LogP contribution in [0.25, 0.3) is 0 Å². The van der Waals surface area contributed by atoms with Crippen LogP contribution < -0.4 is 5.56 Å². The fourth-order valence-electron chi connectivity index (χ4n) is 2.93. The van der Waals surface area contributed by atoms with E-state index < -0.39 is 0 Å². The number of carbonyl (C=O) groups excluding carboxylic acids is 1. The van der Waals surface area contributed by atoms with Gasteiger partial charge in [-0.3, -0.25) is 14.5 Å². The largest absolute Gasteiger partial charge is 0.340 e. The lowest BCUT2D eigenvalue weighted by Gasteiger charge is -2.24. The molecule has 0 N–H and O–H groups in total. The zero-order valence-electron chi connectivity index (χ0n) is 13.7. The molecule has 2 aromatic heterocycles. The standard InChI is InChI=1S/C17H21N5O2/c1-20(12-15-18-7-4-8-19-15)14-6-10-22(11-14)17(24)13-21-9-3-2-5-16(21)23/h2-5,7-9,14H,6,10-13H2,1H3. The van der Waals surface area contributed by atoms with Crippen molar-refractivity contribution >= 4 is 5.91 Å². The molecule has 7 heteroatoms. The summed E-state index contributed by atoms with van der Waals surface area (Å²) < 4.78 is 1.44. The summed E-state index contributed by atoms with van der Waals surface area (Å²) in [6.45, 7) is 2.14. The highest BCUT2D eigenvalue weighted by Crippen LogP contribution is 2.16. The lowest BCUT2D eigenvalue weighted by atomic mass is 10.2. The van der Waals surface area contributed by atoms with Crippen LogP contribution in [-0.4, -0.2) is 56.4 Å². The summed E-state index contributed by atoms with van der Waals surface area (Å²) in [6.07, 6.45) is 6.03. The molecule has 1 atom stereocenters. The number of nitrogens with zero attached hydrogens (tertiary/aromatic N) is 5. The Bertz CT molecular complexity index is 746. The van der Waals surface area contributed by atoms with Gasteiger partial charge in [0.2, 0.25) is 5.91 Å². The molecule has 1 saturated heterocycles. The molecule has 0 aliphatic carbocycles. The van der Waals surface area contributed by atoms with Gasteiger partial charge in [-0.1, -0.05) is 6.07 Å². The molecule has 0 bridgehead atoms. The van der Waals surface area contributed by atoms with E-state index in [-0.39, 0.29) is 24.1 Å². The summed E-state index contributed by atoms with van der Waals surface area (Å²) in [5, 5.41) is 0. The first-order valence-corrected chi connectivity index (χ1v) is 8.03. The van der Waals surface area contributed by atoms with Crippen molar-refractivity contribution in [3.8, 4) is 0 Å². The predicted molar refractivity (Wildman–Crippen MR) is 89.2 cm³/mol. The number of hydrogen-bond acceptors (Lipinski definition) is 5. The van der Waals surface area contributed by atoms with Gasteiger partial charge >= 0.3 is 0 Å². The van der Waals surface area contributed by atoms with Gasteiger partial charge in [0.1, 0.15) is 12.4 Å². The number of aromatic nitrogens is 3. The normalized spacial score (nSPS) is 17.4. The Hall–Kier alpha value is -2.54. The van der Waals surface area contributed by atoms with Crippen LogP contribution >= 0.6 is 0 Å². The van der Waals surface area contributed by atoms with Crippen LogP contribution in [0.2, 0.25) is 0 Å². The molecule has 1 aliphatic heterocycles. The summed E-state index contributed by atoms with van der Waals surface area (Å²) >= 11 is 0. The second-order valence-electron chi connectivity index (χ2n) is 6.03. The van der Waals surface area contributed by atoms with Crippen LogP contribution in [0.15, 0.2) is 47.7 Å². The highest BCUT2D eigenvalue weighted by molar-refractivity contribution is 5.76. The maximum absolute atomic E-state index is 12.4. The molecule has 0 aromatic carbocycles. The second kappa shape index (κ2) is 7.35. The van der Waals surface area contributed by atoms with E-state index in [0.29, 0.717) is 19.6 Å².